The fourth-order valence-corrected chi connectivity index (χ4v) is 9.07. The maximum atomic E-state index is 2.48. The number of para-hydroxylation sites is 2. The molecule has 0 radical (unpaired) electrons. The van der Waals surface area contributed by atoms with E-state index in [1.165, 1.54) is 92.9 Å². The molecule has 0 saturated heterocycles. The van der Waals surface area contributed by atoms with Gasteiger partial charge in [0, 0.05) is 26.3 Å². The average molecular weight is 630 g/mol. The van der Waals surface area contributed by atoms with Gasteiger partial charge in [-0.05, 0) is 111 Å². The molecular weight excluding hydrogens is 599 g/mol. The second-order valence-electron chi connectivity index (χ2n) is 12.8. The predicted molar refractivity (Wildman–Crippen MR) is 203 cm³/mol. The first-order valence-electron chi connectivity index (χ1n) is 16.7. The number of benzene rings is 7. The summed E-state index contributed by atoms with van der Waals surface area (Å²) in [6.45, 7) is 0. The summed E-state index contributed by atoms with van der Waals surface area (Å²) in [5, 5.41) is 2.56. The molecule has 0 saturated carbocycles. The summed E-state index contributed by atoms with van der Waals surface area (Å²) in [4.78, 5) is 2.71. The van der Waals surface area contributed by atoms with Gasteiger partial charge in [0.2, 0.25) is 0 Å². The lowest BCUT2D eigenvalue weighted by molar-refractivity contribution is 0.964. The lowest BCUT2D eigenvalue weighted by Crippen LogP contribution is -2.09. The van der Waals surface area contributed by atoms with Gasteiger partial charge in [0.1, 0.15) is 0 Å². The molecule has 1 aromatic heterocycles. The van der Waals surface area contributed by atoms with Crippen LogP contribution in [0.25, 0.3) is 66.4 Å². The summed E-state index contributed by atoms with van der Waals surface area (Å²) in [6.07, 6.45) is 4.57. The van der Waals surface area contributed by atoms with Gasteiger partial charge in [-0.1, -0.05) is 133 Å². The lowest BCUT2D eigenvalue weighted by atomic mass is 9.81. The molecular formula is C46H31NS. The molecule has 0 atom stereocenters. The summed E-state index contributed by atoms with van der Waals surface area (Å²) >= 11 is 1.92. The minimum atomic E-state index is 1.05. The Morgan fingerprint density at radius 1 is 0.458 bits per heavy atom. The zero-order valence-corrected chi connectivity index (χ0v) is 27.2. The quantitative estimate of drug-likeness (QED) is 0.187. The number of hydrogen-bond acceptors (Lipinski definition) is 1. The molecule has 0 fully saturated rings. The number of nitrogens with zero attached hydrogens (tertiary/aromatic N) is 1. The van der Waals surface area contributed by atoms with Crippen LogP contribution in [0.1, 0.15) is 23.1 Å². The monoisotopic (exact) mass is 629 g/mol. The van der Waals surface area contributed by atoms with E-state index in [0.29, 0.717) is 0 Å². The Kier molecular flexibility index (Phi) is 6.32. The van der Waals surface area contributed by atoms with Gasteiger partial charge < -0.3 is 4.57 Å². The Hall–Kier alpha value is -5.57. The van der Waals surface area contributed by atoms with Gasteiger partial charge in [-0.25, -0.2) is 0 Å². The first-order valence-corrected chi connectivity index (χ1v) is 17.6. The van der Waals surface area contributed by atoms with Gasteiger partial charge in [-0.3, -0.25) is 0 Å². The van der Waals surface area contributed by atoms with E-state index in [1.807, 2.05) is 11.8 Å². The molecule has 2 heteroatoms. The molecule has 10 rings (SSSR count). The second-order valence-corrected chi connectivity index (χ2v) is 13.8. The molecule has 0 unspecified atom stereocenters. The van der Waals surface area contributed by atoms with Crippen LogP contribution in [0, 0.1) is 0 Å². The van der Waals surface area contributed by atoms with Gasteiger partial charge in [0.15, 0.2) is 0 Å². The van der Waals surface area contributed by atoms with Crippen molar-refractivity contribution in [3.05, 3.63) is 180 Å². The van der Waals surface area contributed by atoms with Crippen LogP contribution in [-0.4, -0.2) is 4.57 Å². The van der Waals surface area contributed by atoms with Crippen molar-refractivity contribution in [2.75, 3.05) is 0 Å². The third kappa shape index (κ3) is 4.26. The molecule has 8 aromatic rings. The van der Waals surface area contributed by atoms with Crippen molar-refractivity contribution in [2.24, 2.45) is 0 Å². The zero-order chi connectivity index (χ0) is 31.6. The highest BCUT2D eigenvalue weighted by Gasteiger charge is 2.28. The highest BCUT2D eigenvalue weighted by molar-refractivity contribution is 7.99. The number of hydrogen-bond donors (Lipinski definition) is 0. The Labute approximate surface area is 284 Å². The third-order valence-electron chi connectivity index (χ3n) is 10.1. The standard InChI is InChI=1S/C46H31NS/c1-3-12-30(13-4-1)31-23-26-44-41(28-31)40-20-11-19-39-36(25-27-45(48-44)46(39)40)35-17-8-7-16-34(35)32-22-24-38-37-18-9-10-21-42(37)47(43(38)29-32)33-14-5-2-6-15-33/h1-10,12-18,20-29H,11,19H2. The first-order chi connectivity index (χ1) is 23.8. The van der Waals surface area contributed by atoms with Gasteiger partial charge >= 0.3 is 0 Å². The average Bonchev–Trinajstić information content (AvgIpc) is 3.49. The summed E-state index contributed by atoms with van der Waals surface area (Å²) < 4.78 is 2.41. The summed E-state index contributed by atoms with van der Waals surface area (Å²) in [5.41, 5.74) is 17.0. The van der Waals surface area contributed by atoms with Crippen molar-refractivity contribution in [3.63, 3.8) is 0 Å². The van der Waals surface area contributed by atoms with Crippen LogP contribution in [-0.2, 0) is 6.42 Å². The minimum Gasteiger partial charge on any atom is -0.309 e. The number of rotatable bonds is 4. The molecule has 0 N–H and O–H groups in total. The highest BCUT2D eigenvalue weighted by Crippen LogP contribution is 2.52. The van der Waals surface area contributed by atoms with E-state index < -0.39 is 0 Å². The van der Waals surface area contributed by atoms with Crippen molar-refractivity contribution < 1.29 is 0 Å². The van der Waals surface area contributed by atoms with Crippen molar-refractivity contribution in [1.29, 1.82) is 0 Å². The molecule has 1 nitrogen and oxygen atoms in total. The van der Waals surface area contributed by atoms with Gasteiger partial charge in [0.05, 0.1) is 11.0 Å². The fraction of sp³-hybridized carbons (Fsp3) is 0.0435. The predicted octanol–water partition coefficient (Wildman–Crippen LogP) is 12.6. The normalized spacial score (nSPS) is 13.3. The largest absolute Gasteiger partial charge is 0.309 e. The van der Waals surface area contributed by atoms with E-state index in [-0.39, 0.29) is 0 Å². The summed E-state index contributed by atoms with van der Waals surface area (Å²) in [6, 6.07) is 58.0. The Morgan fingerprint density at radius 3 is 2.04 bits per heavy atom. The van der Waals surface area contributed by atoms with Crippen LogP contribution in [0.4, 0.5) is 0 Å². The summed E-state index contributed by atoms with van der Waals surface area (Å²) in [5.74, 6) is 0. The second kappa shape index (κ2) is 11.0. The molecule has 48 heavy (non-hydrogen) atoms. The van der Waals surface area contributed by atoms with E-state index in [4.69, 9.17) is 0 Å². The molecule has 2 heterocycles. The molecule has 2 aliphatic rings. The number of allylic oxidation sites excluding steroid dienone is 1. The number of aromatic nitrogens is 1. The highest BCUT2D eigenvalue weighted by atomic mass is 32.2. The van der Waals surface area contributed by atoms with E-state index in [2.05, 4.69) is 168 Å². The van der Waals surface area contributed by atoms with Crippen LogP contribution in [0.5, 0.6) is 0 Å². The minimum absolute atomic E-state index is 1.05. The maximum absolute atomic E-state index is 2.48. The molecule has 1 aliphatic heterocycles. The smallest absolute Gasteiger partial charge is 0.0547 e. The van der Waals surface area contributed by atoms with Gasteiger partial charge in [-0.2, -0.15) is 0 Å². The number of fused-ring (bicyclic) bond motifs is 5. The van der Waals surface area contributed by atoms with Crippen molar-refractivity contribution in [3.8, 4) is 39.1 Å². The molecule has 0 amide bonds. The fourth-order valence-electron chi connectivity index (χ4n) is 7.95. The molecule has 0 bridgehead atoms. The maximum Gasteiger partial charge on any atom is 0.0547 e. The first kappa shape index (κ1) is 27.5. The van der Waals surface area contributed by atoms with E-state index in [9.17, 15) is 0 Å². The topological polar surface area (TPSA) is 4.93 Å². The lowest BCUT2D eigenvalue weighted by Gasteiger charge is -2.30. The molecule has 1 aliphatic carbocycles. The SMILES string of the molecule is C1=C2c3cc(-c4ccccc4)ccc3Sc3ccc(-c4ccccc4-c4ccc5c6ccccc6n(-c6ccccc6)c5c4)c(c32)CC1. The van der Waals surface area contributed by atoms with E-state index in [1.54, 1.807) is 0 Å². The zero-order valence-electron chi connectivity index (χ0n) is 26.4. The summed E-state index contributed by atoms with van der Waals surface area (Å²) in [7, 11) is 0. The van der Waals surface area contributed by atoms with Crippen LogP contribution >= 0.6 is 11.8 Å². The van der Waals surface area contributed by atoms with Crippen molar-refractivity contribution in [2.45, 2.75) is 22.6 Å². The van der Waals surface area contributed by atoms with Gasteiger partial charge in [-0.15, -0.1) is 0 Å². The Bertz CT molecular complexity index is 2570. The van der Waals surface area contributed by atoms with Crippen LogP contribution in [0.15, 0.2) is 174 Å². The molecule has 226 valence electrons. The van der Waals surface area contributed by atoms with Crippen molar-refractivity contribution in [1.82, 2.24) is 4.57 Å². The van der Waals surface area contributed by atoms with Crippen molar-refractivity contribution >= 4 is 39.1 Å². The van der Waals surface area contributed by atoms with Crippen LogP contribution in [0.2, 0.25) is 0 Å². The van der Waals surface area contributed by atoms with Gasteiger partial charge in [0.25, 0.3) is 0 Å². The van der Waals surface area contributed by atoms with Crippen LogP contribution in [0.3, 0.4) is 0 Å². The molecule has 0 spiro atoms. The van der Waals surface area contributed by atoms with E-state index >= 15 is 0 Å². The Balaban J connectivity index is 1.13. The van der Waals surface area contributed by atoms with Crippen LogP contribution < -0.4 is 0 Å². The van der Waals surface area contributed by atoms with E-state index in [0.717, 1.165) is 12.8 Å². The molecule has 7 aromatic carbocycles. The Morgan fingerprint density at radius 2 is 1.17 bits per heavy atom. The third-order valence-corrected chi connectivity index (χ3v) is 11.2.